The van der Waals surface area contributed by atoms with Gasteiger partial charge in [-0.3, -0.25) is 4.79 Å². The predicted octanol–water partition coefficient (Wildman–Crippen LogP) is 0.768. The molecule has 0 N–H and O–H groups in total. The Morgan fingerprint density at radius 3 is 2.45 bits per heavy atom. The third-order valence-electron chi connectivity index (χ3n) is 2.32. The summed E-state index contributed by atoms with van der Waals surface area (Å²) in [5.41, 5.74) is -0.195. The van der Waals surface area contributed by atoms with Gasteiger partial charge in [0.15, 0.2) is 0 Å². The monoisotopic (exact) mass is 152 g/mol. The molecule has 1 aliphatic rings. The van der Waals surface area contributed by atoms with Crippen molar-refractivity contribution in [2.45, 2.75) is 19.8 Å². The molecule has 60 valence electrons. The quantitative estimate of drug-likeness (QED) is 0.521. The summed E-state index contributed by atoms with van der Waals surface area (Å²) in [6.45, 7) is 3.41. The van der Waals surface area contributed by atoms with Gasteiger partial charge in [0.1, 0.15) is 0 Å². The molecule has 1 aliphatic heterocycles. The lowest BCUT2D eigenvalue weighted by Gasteiger charge is -2.32. The first-order valence-corrected chi connectivity index (χ1v) is 3.81. The second kappa shape index (κ2) is 2.91. The summed E-state index contributed by atoms with van der Waals surface area (Å²) < 4.78 is 0. The lowest BCUT2D eigenvalue weighted by Crippen LogP contribution is -2.36. The van der Waals surface area contributed by atoms with Crippen LogP contribution >= 0.6 is 0 Å². The second-order valence-electron chi connectivity index (χ2n) is 3.31. The van der Waals surface area contributed by atoms with Crippen molar-refractivity contribution in [3.63, 3.8) is 0 Å². The van der Waals surface area contributed by atoms with E-state index in [-0.39, 0.29) is 5.41 Å². The number of nitrogens with zero attached hydrogens (tertiary/aromatic N) is 2. The largest absolute Gasteiger partial charge is 0.345 e. The summed E-state index contributed by atoms with van der Waals surface area (Å²) in [5, 5.41) is 8.75. The van der Waals surface area contributed by atoms with E-state index in [0.29, 0.717) is 0 Å². The summed E-state index contributed by atoms with van der Waals surface area (Å²) in [7, 11) is 0. The minimum atomic E-state index is -0.195. The van der Waals surface area contributed by atoms with E-state index in [4.69, 9.17) is 5.26 Å². The smallest absolute Gasteiger partial charge is 0.209 e. The van der Waals surface area contributed by atoms with E-state index in [0.717, 1.165) is 32.3 Å². The highest BCUT2D eigenvalue weighted by Gasteiger charge is 2.28. The van der Waals surface area contributed by atoms with Gasteiger partial charge in [-0.15, -0.1) is 0 Å². The van der Waals surface area contributed by atoms with Crippen LogP contribution in [0.2, 0.25) is 0 Å². The van der Waals surface area contributed by atoms with Gasteiger partial charge in [-0.25, -0.2) is 0 Å². The molecule has 0 aromatic rings. The van der Waals surface area contributed by atoms with Crippen LogP contribution in [0.5, 0.6) is 0 Å². The van der Waals surface area contributed by atoms with E-state index < -0.39 is 0 Å². The molecule has 1 saturated heterocycles. The fraction of sp³-hybridized carbons (Fsp3) is 0.750. The maximum atomic E-state index is 10.3. The van der Waals surface area contributed by atoms with Gasteiger partial charge < -0.3 is 4.90 Å². The lowest BCUT2D eigenvalue weighted by atomic mass is 9.82. The number of carbonyl (C=O) groups excluding carboxylic acids is 1. The van der Waals surface area contributed by atoms with E-state index in [1.165, 1.54) is 0 Å². The molecular formula is C8H12N2O. The molecule has 1 amide bonds. The van der Waals surface area contributed by atoms with Crippen molar-refractivity contribution in [2.75, 3.05) is 13.1 Å². The van der Waals surface area contributed by atoms with E-state index in [9.17, 15) is 4.79 Å². The van der Waals surface area contributed by atoms with Gasteiger partial charge in [-0.2, -0.15) is 5.26 Å². The molecular weight excluding hydrogens is 140 g/mol. The van der Waals surface area contributed by atoms with Gasteiger partial charge in [0.25, 0.3) is 0 Å². The van der Waals surface area contributed by atoms with Crippen LogP contribution in [-0.4, -0.2) is 24.4 Å². The number of hydrogen-bond acceptors (Lipinski definition) is 2. The highest BCUT2D eigenvalue weighted by atomic mass is 16.1. The SMILES string of the molecule is CC1(C#N)CCN(C=O)CC1. The third kappa shape index (κ3) is 1.70. The summed E-state index contributed by atoms with van der Waals surface area (Å²) in [5.74, 6) is 0. The minimum absolute atomic E-state index is 0.195. The predicted molar refractivity (Wildman–Crippen MR) is 40.6 cm³/mol. The van der Waals surface area contributed by atoms with Crippen LogP contribution in [0.3, 0.4) is 0 Å². The Kier molecular flexibility index (Phi) is 2.13. The highest BCUT2D eigenvalue weighted by molar-refractivity contribution is 5.47. The average Bonchev–Trinajstić information content (AvgIpc) is 2.06. The fourth-order valence-corrected chi connectivity index (χ4v) is 1.23. The van der Waals surface area contributed by atoms with E-state index in [1.54, 1.807) is 4.90 Å². The highest BCUT2D eigenvalue weighted by Crippen LogP contribution is 2.28. The molecule has 1 rings (SSSR count). The van der Waals surface area contributed by atoms with Gasteiger partial charge in [-0.1, -0.05) is 0 Å². The minimum Gasteiger partial charge on any atom is -0.345 e. The maximum Gasteiger partial charge on any atom is 0.209 e. The van der Waals surface area contributed by atoms with Crippen LogP contribution in [0.15, 0.2) is 0 Å². The summed E-state index contributed by atoms with van der Waals surface area (Å²) in [4.78, 5) is 12.0. The Morgan fingerprint density at radius 2 is 2.09 bits per heavy atom. The van der Waals surface area contributed by atoms with Crippen molar-refractivity contribution in [2.24, 2.45) is 5.41 Å². The van der Waals surface area contributed by atoms with Gasteiger partial charge in [0, 0.05) is 13.1 Å². The molecule has 1 heterocycles. The zero-order chi connectivity index (χ0) is 8.32. The Hall–Kier alpha value is -1.04. The molecule has 0 radical (unpaired) electrons. The first-order chi connectivity index (χ1) is 5.20. The van der Waals surface area contributed by atoms with Gasteiger partial charge in [0.2, 0.25) is 6.41 Å². The van der Waals surface area contributed by atoms with E-state index in [2.05, 4.69) is 6.07 Å². The molecule has 0 aromatic carbocycles. The van der Waals surface area contributed by atoms with Crippen molar-refractivity contribution in [1.82, 2.24) is 4.90 Å². The van der Waals surface area contributed by atoms with Crippen LogP contribution in [-0.2, 0) is 4.79 Å². The van der Waals surface area contributed by atoms with Gasteiger partial charge in [0.05, 0.1) is 11.5 Å². The standard InChI is InChI=1S/C8H12N2O/c1-8(6-9)2-4-10(7-11)5-3-8/h7H,2-5H2,1H3. The molecule has 0 aromatic heterocycles. The first-order valence-electron chi connectivity index (χ1n) is 3.81. The number of piperidine rings is 1. The molecule has 1 fully saturated rings. The Bertz CT molecular complexity index is 187. The van der Waals surface area contributed by atoms with Crippen LogP contribution in [0.25, 0.3) is 0 Å². The van der Waals surface area contributed by atoms with Crippen LogP contribution in [0.4, 0.5) is 0 Å². The van der Waals surface area contributed by atoms with Crippen LogP contribution in [0, 0.1) is 16.7 Å². The Balaban J connectivity index is 2.49. The van der Waals surface area contributed by atoms with Crippen LogP contribution < -0.4 is 0 Å². The van der Waals surface area contributed by atoms with E-state index in [1.807, 2.05) is 6.92 Å². The average molecular weight is 152 g/mol. The van der Waals surface area contributed by atoms with Crippen LogP contribution in [0.1, 0.15) is 19.8 Å². The number of nitriles is 1. The molecule has 0 bridgehead atoms. The summed E-state index contributed by atoms with van der Waals surface area (Å²) in [6, 6.07) is 2.28. The topological polar surface area (TPSA) is 44.1 Å². The third-order valence-corrected chi connectivity index (χ3v) is 2.32. The number of rotatable bonds is 1. The summed E-state index contributed by atoms with van der Waals surface area (Å²) >= 11 is 0. The molecule has 3 heteroatoms. The molecule has 0 aliphatic carbocycles. The second-order valence-corrected chi connectivity index (χ2v) is 3.31. The molecule has 0 saturated carbocycles. The maximum absolute atomic E-state index is 10.3. The molecule has 0 unspecified atom stereocenters. The van der Waals surface area contributed by atoms with Crippen molar-refractivity contribution < 1.29 is 4.79 Å². The zero-order valence-corrected chi connectivity index (χ0v) is 6.71. The van der Waals surface area contributed by atoms with Gasteiger partial charge in [-0.05, 0) is 19.8 Å². The normalized spacial score (nSPS) is 22.4. The molecule has 3 nitrogen and oxygen atoms in total. The van der Waals surface area contributed by atoms with Crippen molar-refractivity contribution >= 4 is 6.41 Å². The van der Waals surface area contributed by atoms with E-state index >= 15 is 0 Å². The number of hydrogen-bond donors (Lipinski definition) is 0. The number of amides is 1. The molecule has 0 spiro atoms. The number of carbonyl (C=O) groups is 1. The van der Waals surface area contributed by atoms with Gasteiger partial charge >= 0.3 is 0 Å². The fourth-order valence-electron chi connectivity index (χ4n) is 1.23. The Morgan fingerprint density at radius 1 is 1.55 bits per heavy atom. The van der Waals surface area contributed by atoms with Crippen molar-refractivity contribution in [1.29, 1.82) is 5.26 Å². The summed E-state index contributed by atoms with van der Waals surface area (Å²) in [6.07, 6.45) is 2.47. The molecule has 0 atom stereocenters. The molecule has 11 heavy (non-hydrogen) atoms. The zero-order valence-electron chi connectivity index (χ0n) is 6.71. The van der Waals surface area contributed by atoms with Crippen molar-refractivity contribution in [3.05, 3.63) is 0 Å². The number of likely N-dealkylation sites (tertiary alicyclic amines) is 1. The lowest BCUT2D eigenvalue weighted by molar-refractivity contribution is -0.119. The van der Waals surface area contributed by atoms with Crippen molar-refractivity contribution in [3.8, 4) is 6.07 Å². The first kappa shape index (κ1) is 8.06. The Labute approximate surface area is 66.6 Å².